The molecule has 3 rings (SSSR count). The van der Waals surface area contributed by atoms with Crippen molar-refractivity contribution in [3.63, 3.8) is 0 Å². The highest BCUT2D eigenvalue weighted by atomic mass is 35.5. The van der Waals surface area contributed by atoms with Gasteiger partial charge in [-0.15, -0.1) is 0 Å². The highest BCUT2D eigenvalue weighted by molar-refractivity contribution is 6.32. The molecule has 2 aromatic rings. The maximum atomic E-state index is 12.1. The number of ether oxygens (including phenoxy) is 1. The minimum absolute atomic E-state index is 0.0380. The lowest BCUT2D eigenvalue weighted by Crippen LogP contribution is -2.35. The first-order chi connectivity index (χ1) is 10.6. The van der Waals surface area contributed by atoms with Crippen LogP contribution in [0.5, 0.6) is 5.75 Å². The minimum atomic E-state index is -0.0380. The summed E-state index contributed by atoms with van der Waals surface area (Å²) < 4.78 is 5.25. The van der Waals surface area contributed by atoms with Crippen molar-refractivity contribution in [2.24, 2.45) is 0 Å². The Morgan fingerprint density at radius 2 is 2.27 bits per heavy atom. The number of aromatic nitrogens is 2. The SMILES string of the molecule is COc1cccc(CN2CCc3nc(C)[nH]c(=O)c3C2)c1Cl. The average molecular weight is 320 g/mol. The molecule has 116 valence electrons. The first kappa shape index (κ1) is 15.1. The number of hydrogen-bond donors (Lipinski definition) is 1. The summed E-state index contributed by atoms with van der Waals surface area (Å²) in [5.74, 6) is 1.35. The van der Waals surface area contributed by atoms with E-state index in [9.17, 15) is 4.79 Å². The minimum Gasteiger partial charge on any atom is -0.495 e. The molecule has 5 nitrogen and oxygen atoms in total. The van der Waals surface area contributed by atoms with Gasteiger partial charge in [-0.1, -0.05) is 23.7 Å². The van der Waals surface area contributed by atoms with E-state index in [2.05, 4.69) is 14.9 Å². The standard InChI is InChI=1S/C16H18ClN3O2/c1-10-18-13-6-7-20(9-12(13)16(21)19-10)8-11-4-3-5-14(22-2)15(11)17/h3-5H,6-9H2,1-2H3,(H,18,19,21). The Balaban J connectivity index is 1.83. The lowest BCUT2D eigenvalue weighted by atomic mass is 10.1. The molecule has 1 N–H and O–H groups in total. The fourth-order valence-corrected chi connectivity index (χ4v) is 3.08. The number of nitrogens with zero attached hydrogens (tertiary/aromatic N) is 2. The Labute approximate surface area is 133 Å². The van der Waals surface area contributed by atoms with Gasteiger partial charge < -0.3 is 9.72 Å². The summed E-state index contributed by atoms with van der Waals surface area (Å²) in [7, 11) is 1.61. The third-order valence-electron chi connectivity index (χ3n) is 3.92. The van der Waals surface area contributed by atoms with E-state index in [0.717, 1.165) is 29.8 Å². The highest BCUT2D eigenvalue weighted by Gasteiger charge is 2.21. The summed E-state index contributed by atoms with van der Waals surface area (Å²) in [4.78, 5) is 21.5. The number of rotatable bonds is 3. The number of H-pyrrole nitrogens is 1. The van der Waals surface area contributed by atoms with Crippen LogP contribution in [0.15, 0.2) is 23.0 Å². The first-order valence-electron chi connectivity index (χ1n) is 7.21. The monoisotopic (exact) mass is 319 g/mol. The van der Waals surface area contributed by atoms with E-state index in [4.69, 9.17) is 16.3 Å². The van der Waals surface area contributed by atoms with Gasteiger partial charge >= 0.3 is 0 Å². The summed E-state index contributed by atoms with van der Waals surface area (Å²) in [6, 6.07) is 5.75. The van der Waals surface area contributed by atoms with Crippen molar-refractivity contribution in [1.29, 1.82) is 0 Å². The molecule has 1 aliphatic rings. The Bertz CT molecular complexity index is 758. The average Bonchev–Trinajstić information content (AvgIpc) is 2.50. The van der Waals surface area contributed by atoms with Gasteiger partial charge in [-0.3, -0.25) is 9.69 Å². The van der Waals surface area contributed by atoms with E-state index >= 15 is 0 Å². The largest absolute Gasteiger partial charge is 0.495 e. The van der Waals surface area contributed by atoms with Crippen LogP contribution in [0.4, 0.5) is 0 Å². The van der Waals surface area contributed by atoms with Crippen molar-refractivity contribution in [2.75, 3.05) is 13.7 Å². The van der Waals surface area contributed by atoms with E-state index in [-0.39, 0.29) is 5.56 Å². The Morgan fingerprint density at radius 1 is 1.45 bits per heavy atom. The Kier molecular flexibility index (Phi) is 4.18. The first-order valence-corrected chi connectivity index (χ1v) is 7.58. The molecule has 22 heavy (non-hydrogen) atoms. The van der Waals surface area contributed by atoms with Crippen molar-refractivity contribution in [3.8, 4) is 5.75 Å². The predicted molar refractivity (Wildman–Crippen MR) is 85.4 cm³/mol. The molecule has 0 spiro atoms. The molecule has 0 atom stereocenters. The van der Waals surface area contributed by atoms with Gasteiger partial charge in [0.2, 0.25) is 0 Å². The number of fused-ring (bicyclic) bond motifs is 1. The number of methoxy groups -OCH3 is 1. The van der Waals surface area contributed by atoms with Gasteiger partial charge in [0.15, 0.2) is 0 Å². The molecule has 0 unspecified atom stereocenters. The van der Waals surface area contributed by atoms with Crippen LogP contribution in [0.3, 0.4) is 0 Å². The number of aryl methyl sites for hydroxylation is 1. The molecular formula is C16H18ClN3O2. The molecule has 1 aliphatic heterocycles. The maximum absolute atomic E-state index is 12.1. The van der Waals surface area contributed by atoms with E-state index < -0.39 is 0 Å². The molecule has 0 aliphatic carbocycles. The molecule has 1 aromatic carbocycles. The van der Waals surface area contributed by atoms with Gasteiger partial charge in [0, 0.05) is 26.1 Å². The molecule has 0 saturated heterocycles. The molecule has 0 amide bonds. The Hall–Kier alpha value is -1.85. The van der Waals surface area contributed by atoms with Crippen LogP contribution in [-0.4, -0.2) is 28.5 Å². The maximum Gasteiger partial charge on any atom is 0.255 e. The molecule has 0 saturated carbocycles. The highest BCUT2D eigenvalue weighted by Crippen LogP contribution is 2.29. The number of aromatic amines is 1. The smallest absolute Gasteiger partial charge is 0.255 e. The fraction of sp³-hybridized carbons (Fsp3) is 0.375. The van der Waals surface area contributed by atoms with Crippen LogP contribution in [0.25, 0.3) is 0 Å². The fourth-order valence-electron chi connectivity index (χ4n) is 2.82. The summed E-state index contributed by atoms with van der Waals surface area (Å²) in [6.07, 6.45) is 0.779. The van der Waals surface area contributed by atoms with Crippen molar-refractivity contribution in [1.82, 2.24) is 14.9 Å². The van der Waals surface area contributed by atoms with Gasteiger partial charge in [-0.05, 0) is 18.6 Å². The molecule has 6 heteroatoms. The third kappa shape index (κ3) is 2.87. The van der Waals surface area contributed by atoms with Gasteiger partial charge in [-0.2, -0.15) is 0 Å². The van der Waals surface area contributed by atoms with Crippen molar-refractivity contribution >= 4 is 11.6 Å². The predicted octanol–water partition coefficient (Wildman–Crippen LogP) is 2.30. The summed E-state index contributed by atoms with van der Waals surface area (Å²) >= 11 is 6.35. The third-order valence-corrected chi connectivity index (χ3v) is 4.35. The van der Waals surface area contributed by atoms with E-state index in [0.29, 0.717) is 29.7 Å². The second kappa shape index (κ2) is 6.10. The summed E-state index contributed by atoms with van der Waals surface area (Å²) in [5, 5.41) is 0.631. The van der Waals surface area contributed by atoms with E-state index in [1.807, 2.05) is 25.1 Å². The zero-order chi connectivity index (χ0) is 15.7. The van der Waals surface area contributed by atoms with Crippen molar-refractivity contribution in [2.45, 2.75) is 26.4 Å². The molecule has 0 fully saturated rings. The van der Waals surface area contributed by atoms with Gasteiger partial charge in [0.1, 0.15) is 11.6 Å². The van der Waals surface area contributed by atoms with Crippen LogP contribution < -0.4 is 10.3 Å². The van der Waals surface area contributed by atoms with Crippen LogP contribution in [0.2, 0.25) is 5.02 Å². The topological polar surface area (TPSA) is 58.2 Å². The molecular weight excluding hydrogens is 302 g/mol. The number of hydrogen-bond acceptors (Lipinski definition) is 4. The van der Waals surface area contributed by atoms with E-state index in [1.54, 1.807) is 7.11 Å². The summed E-state index contributed by atoms with van der Waals surface area (Å²) in [6.45, 7) is 3.94. The number of nitrogens with one attached hydrogen (secondary N) is 1. The van der Waals surface area contributed by atoms with Crippen LogP contribution in [0.1, 0.15) is 22.6 Å². The van der Waals surface area contributed by atoms with Gasteiger partial charge in [0.05, 0.1) is 23.4 Å². The van der Waals surface area contributed by atoms with Gasteiger partial charge in [0.25, 0.3) is 5.56 Å². The quantitative estimate of drug-likeness (QED) is 0.943. The second-order valence-corrected chi connectivity index (χ2v) is 5.85. The van der Waals surface area contributed by atoms with Crippen molar-refractivity contribution in [3.05, 3.63) is 56.2 Å². The second-order valence-electron chi connectivity index (χ2n) is 5.47. The molecule has 0 radical (unpaired) electrons. The van der Waals surface area contributed by atoms with Gasteiger partial charge in [-0.25, -0.2) is 4.98 Å². The normalized spacial score (nSPS) is 14.7. The zero-order valence-electron chi connectivity index (χ0n) is 12.6. The molecule has 2 heterocycles. The molecule has 1 aromatic heterocycles. The van der Waals surface area contributed by atoms with Crippen LogP contribution in [-0.2, 0) is 19.5 Å². The Morgan fingerprint density at radius 3 is 3.05 bits per heavy atom. The number of benzene rings is 1. The zero-order valence-corrected chi connectivity index (χ0v) is 13.4. The van der Waals surface area contributed by atoms with Crippen molar-refractivity contribution < 1.29 is 4.74 Å². The summed E-state index contributed by atoms with van der Waals surface area (Å²) in [5.41, 5.74) is 2.63. The van der Waals surface area contributed by atoms with Crippen LogP contribution >= 0.6 is 11.6 Å². The van der Waals surface area contributed by atoms with Crippen LogP contribution in [0, 0.1) is 6.92 Å². The van der Waals surface area contributed by atoms with E-state index in [1.165, 1.54) is 0 Å². The lowest BCUT2D eigenvalue weighted by Gasteiger charge is -2.28. The lowest BCUT2D eigenvalue weighted by molar-refractivity contribution is 0.241. The molecule has 0 bridgehead atoms. The number of halogens is 1.